The fourth-order valence-electron chi connectivity index (χ4n) is 1.95. The zero-order chi connectivity index (χ0) is 14.8. The van der Waals surface area contributed by atoms with Gasteiger partial charge in [0.1, 0.15) is 10.9 Å². The molecule has 1 aliphatic heterocycles. The maximum atomic E-state index is 5.78. The van der Waals surface area contributed by atoms with E-state index in [0.29, 0.717) is 11.7 Å². The minimum absolute atomic E-state index is 0.247. The second-order valence-corrected chi connectivity index (χ2v) is 7.28. The minimum Gasteiger partial charge on any atom is -0.384 e. The number of pyridine rings is 1. The van der Waals surface area contributed by atoms with Gasteiger partial charge in [-0.25, -0.2) is 4.98 Å². The monoisotopic (exact) mass is 289 g/mol. The molecule has 0 radical (unpaired) electrons. The smallest absolute Gasteiger partial charge is 0.124 e. The predicted octanol–water partition coefficient (Wildman–Crippen LogP) is 4.11. The van der Waals surface area contributed by atoms with E-state index in [-0.39, 0.29) is 5.41 Å². The number of anilines is 1. The number of hydrogen-bond acceptors (Lipinski definition) is 4. The first-order chi connectivity index (χ1) is 9.38. The van der Waals surface area contributed by atoms with Crippen LogP contribution >= 0.6 is 11.8 Å². The van der Waals surface area contributed by atoms with Crippen LogP contribution in [0.1, 0.15) is 39.8 Å². The van der Waals surface area contributed by atoms with Crippen LogP contribution in [0.15, 0.2) is 34.2 Å². The molecular weight excluding hydrogens is 266 g/mol. The number of allylic oxidation sites excluding steroid dienone is 1. The van der Waals surface area contributed by atoms with Gasteiger partial charge in [-0.05, 0) is 34.8 Å². The zero-order valence-corrected chi connectivity index (χ0v) is 13.5. The summed E-state index contributed by atoms with van der Waals surface area (Å²) in [6.07, 6.45) is 3.32. The van der Waals surface area contributed by atoms with Gasteiger partial charge in [-0.1, -0.05) is 51.6 Å². The van der Waals surface area contributed by atoms with Gasteiger partial charge in [0.2, 0.25) is 0 Å². The molecule has 2 N–H and O–H groups in total. The molecule has 0 saturated heterocycles. The van der Waals surface area contributed by atoms with Gasteiger partial charge in [0.15, 0.2) is 0 Å². The van der Waals surface area contributed by atoms with Gasteiger partial charge in [0.25, 0.3) is 0 Å². The van der Waals surface area contributed by atoms with E-state index < -0.39 is 0 Å². The Morgan fingerprint density at radius 1 is 1.30 bits per heavy atom. The molecule has 1 unspecified atom stereocenters. The topological polar surface area (TPSA) is 51.3 Å². The molecule has 2 heterocycles. The Hall–Kier alpha value is -1.29. The molecule has 1 atom stereocenters. The standard InChI is InChI=1S/C16H23N3S/c1-11(16(2,3)4)13-8-6-10-18-15(20-13)12-7-5-9-14(17)19-12/h5,7-9,11H,6,10H2,1-4H3,(H2,17,19). The van der Waals surface area contributed by atoms with Crippen LogP contribution in [0.2, 0.25) is 0 Å². The lowest BCUT2D eigenvalue weighted by Gasteiger charge is -2.29. The molecule has 0 saturated carbocycles. The first kappa shape index (κ1) is 15.1. The molecule has 0 fully saturated rings. The molecule has 20 heavy (non-hydrogen) atoms. The maximum Gasteiger partial charge on any atom is 0.124 e. The van der Waals surface area contributed by atoms with Crippen LogP contribution in [0, 0.1) is 11.3 Å². The van der Waals surface area contributed by atoms with Crippen LogP contribution in [0.25, 0.3) is 0 Å². The average Bonchev–Trinajstić information content (AvgIpc) is 2.62. The molecule has 1 aromatic heterocycles. The highest BCUT2D eigenvalue weighted by Gasteiger charge is 2.26. The molecular formula is C16H23N3S. The highest BCUT2D eigenvalue weighted by Crippen LogP contribution is 2.39. The highest BCUT2D eigenvalue weighted by atomic mass is 32.2. The van der Waals surface area contributed by atoms with Crippen molar-refractivity contribution in [1.82, 2.24) is 4.98 Å². The fraction of sp³-hybridized carbons (Fsp3) is 0.500. The largest absolute Gasteiger partial charge is 0.384 e. The van der Waals surface area contributed by atoms with Gasteiger partial charge in [-0.3, -0.25) is 4.99 Å². The zero-order valence-electron chi connectivity index (χ0n) is 12.7. The number of thioether (sulfide) groups is 1. The van der Waals surface area contributed by atoms with Gasteiger partial charge in [-0.2, -0.15) is 0 Å². The van der Waals surface area contributed by atoms with Crippen LogP contribution in [-0.4, -0.2) is 16.6 Å². The molecule has 0 aliphatic carbocycles. The van der Waals surface area contributed by atoms with Crippen molar-refractivity contribution in [2.24, 2.45) is 16.3 Å². The Labute approximate surface area is 125 Å². The van der Waals surface area contributed by atoms with Gasteiger partial charge in [0, 0.05) is 6.54 Å². The number of hydrogen-bond donors (Lipinski definition) is 1. The van der Waals surface area contributed by atoms with Crippen molar-refractivity contribution in [1.29, 1.82) is 0 Å². The van der Waals surface area contributed by atoms with Crippen LogP contribution in [0.5, 0.6) is 0 Å². The molecule has 0 aromatic carbocycles. The van der Waals surface area contributed by atoms with Crippen molar-refractivity contribution in [2.45, 2.75) is 34.1 Å². The average molecular weight is 289 g/mol. The lowest BCUT2D eigenvalue weighted by atomic mass is 9.81. The maximum absolute atomic E-state index is 5.78. The summed E-state index contributed by atoms with van der Waals surface area (Å²) in [6, 6.07) is 5.72. The van der Waals surface area contributed by atoms with Crippen molar-refractivity contribution in [3.63, 3.8) is 0 Å². The first-order valence-electron chi connectivity index (χ1n) is 7.03. The lowest BCUT2D eigenvalue weighted by Crippen LogP contribution is -2.19. The molecule has 2 rings (SSSR count). The van der Waals surface area contributed by atoms with E-state index in [2.05, 4.69) is 43.7 Å². The first-order valence-corrected chi connectivity index (χ1v) is 7.85. The van der Waals surface area contributed by atoms with Gasteiger partial charge in [-0.15, -0.1) is 0 Å². The Morgan fingerprint density at radius 2 is 2.05 bits per heavy atom. The Balaban J connectivity index is 2.25. The second-order valence-electron chi connectivity index (χ2n) is 6.22. The number of nitrogens with zero attached hydrogens (tertiary/aromatic N) is 2. The summed E-state index contributed by atoms with van der Waals surface area (Å²) in [6.45, 7) is 9.94. The number of nitrogens with two attached hydrogens (primary N) is 1. The SMILES string of the molecule is CC(C1=CCCN=C(c2cccc(N)n2)S1)C(C)(C)C. The van der Waals surface area contributed by atoms with E-state index in [0.717, 1.165) is 23.7 Å². The number of aromatic nitrogens is 1. The molecule has 1 aliphatic rings. The highest BCUT2D eigenvalue weighted by molar-refractivity contribution is 8.17. The van der Waals surface area contributed by atoms with Crippen molar-refractivity contribution in [3.8, 4) is 0 Å². The number of nitrogen functional groups attached to an aromatic ring is 1. The predicted molar refractivity (Wildman–Crippen MR) is 89.0 cm³/mol. The molecule has 108 valence electrons. The van der Waals surface area contributed by atoms with E-state index >= 15 is 0 Å². The summed E-state index contributed by atoms with van der Waals surface area (Å²) in [5.74, 6) is 1.04. The summed E-state index contributed by atoms with van der Waals surface area (Å²) in [5.41, 5.74) is 6.90. The molecule has 4 heteroatoms. The molecule has 3 nitrogen and oxygen atoms in total. The third kappa shape index (κ3) is 3.63. The molecule has 0 bridgehead atoms. The van der Waals surface area contributed by atoms with Gasteiger partial charge < -0.3 is 5.73 Å². The van der Waals surface area contributed by atoms with Crippen LogP contribution in [-0.2, 0) is 0 Å². The molecule has 0 amide bonds. The normalized spacial score (nSPS) is 18.0. The van der Waals surface area contributed by atoms with Crippen LogP contribution in [0.3, 0.4) is 0 Å². The minimum atomic E-state index is 0.247. The molecule has 0 spiro atoms. The number of aliphatic imine (C=N–C) groups is 1. The summed E-state index contributed by atoms with van der Waals surface area (Å²) in [5, 5.41) is 0.983. The molecule has 1 aromatic rings. The summed E-state index contributed by atoms with van der Waals surface area (Å²) < 4.78 is 0. The van der Waals surface area contributed by atoms with E-state index in [9.17, 15) is 0 Å². The van der Waals surface area contributed by atoms with E-state index in [1.807, 2.05) is 12.1 Å². The summed E-state index contributed by atoms with van der Waals surface area (Å²) in [7, 11) is 0. The van der Waals surface area contributed by atoms with E-state index in [1.54, 1.807) is 17.8 Å². The van der Waals surface area contributed by atoms with Crippen LogP contribution < -0.4 is 5.73 Å². The van der Waals surface area contributed by atoms with Crippen molar-refractivity contribution in [2.75, 3.05) is 12.3 Å². The summed E-state index contributed by atoms with van der Waals surface area (Å²) in [4.78, 5) is 10.4. The summed E-state index contributed by atoms with van der Waals surface area (Å²) >= 11 is 1.74. The Bertz CT molecular complexity index is 541. The third-order valence-electron chi connectivity index (χ3n) is 3.66. The van der Waals surface area contributed by atoms with E-state index in [1.165, 1.54) is 4.91 Å². The van der Waals surface area contributed by atoms with E-state index in [4.69, 9.17) is 5.73 Å². The lowest BCUT2D eigenvalue weighted by molar-refractivity contribution is 0.310. The van der Waals surface area contributed by atoms with Gasteiger partial charge in [0.05, 0.1) is 5.69 Å². The van der Waals surface area contributed by atoms with Crippen molar-refractivity contribution < 1.29 is 0 Å². The quantitative estimate of drug-likeness (QED) is 0.891. The Morgan fingerprint density at radius 3 is 2.70 bits per heavy atom. The second kappa shape index (κ2) is 6.00. The van der Waals surface area contributed by atoms with Crippen molar-refractivity contribution in [3.05, 3.63) is 34.9 Å². The fourth-order valence-corrected chi connectivity index (χ4v) is 3.28. The van der Waals surface area contributed by atoms with Gasteiger partial charge >= 0.3 is 0 Å². The number of rotatable bonds is 2. The Kier molecular flexibility index (Phi) is 4.53. The van der Waals surface area contributed by atoms with Crippen LogP contribution in [0.4, 0.5) is 5.82 Å². The third-order valence-corrected chi connectivity index (χ3v) is 4.95. The van der Waals surface area contributed by atoms with Crippen molar-refractivity contribution >= 4 is 22.6 Å².